The van der Waals surface area contributed by atoms with Crippen LogP contribution in [0, 0.1) is 0 Å². The first-order valence-corrected chi connectivity index (χ1v) is 7.21. The minimum Gasteiger partial charge on any atom is -0.492 e. The molecule has 0 bridgehead atoms. The van der Waals surface area contributed by atoms with E-state index in [4.69, 9.17) is 10.5 Å². The molecule has 0 saturated carbocycles. The first-order chi connectivity index (χ1) is 8.25. The highest BCUT2D eigenvalue weighted by Crippen LogP contribution is 2.17. The summed E-state index contributed by atoms with van der Waals surface area (Å²) in [6.07, 6.45) is 0. The van der Waals surface area contributed by atoms with E-state index in [9.17, 15) is 0 Å². The SMILES string of the molecule is CC1CSCCN1CCOc1cccc(N)c1. The second kappa shape index (κ2) is 6.17. The summed E-state index contributed by atoms with van der Waals surface area (Å²) < 4.78 is 5.71. The Labute approximate surface area is 107 Å². The van der Waals surface area contributed by atoms with Crippen molar-refractivity contribution in [2.75, 3.05) is 36.9 Å². The third kappa shape index (κ3) is 3.82. The van der Waals surface area contributed by atoms with Gasteiger partial charge in [-0.25, -0.2) is 0 Å². The quantitative estimate of drug-likeness (QED) is 0.833. The van der Waals surface area contributed by atoms with Gasteiger partial charge in [-0.1, -0.05) is 6.07 Å². The molecule has 2 rings (SSSR count). The molecule has 1 atom stereocenters. The Kier molecular flexibility index (Phi) is 4.57. The molecule has 0 aromatic heterocycles. The van der Waals surface area contributed by atoms with Crippen LogP contribution < -0.4 is 10.5 Å². The van der Waals surface area contributed by atoms with E-state index in [1.165, 1.54) is 18.1 Å². The molecule has 0 radical (unpaired) electrons. The number of nitrogens with two attached hydrogens (primary N) is 1. The Morgan fingerprint density at radius 1 is 1.53 bits per heavy atom. The van der Waals surface area contributed by atoms with E-state index in [2.05, 4.69) is 11.8 Å². The molecule has 1 heterocycles. The van der Waals surface area contributed by atoms with Gasteiger partial charge in [0.2, 0.25) is 0 Å². The van der Waals surface area contributed by atoms with Crippen molar-refractivity contribution < 1.29 is 4.74 Å². The number of ether oxygens (including phenoxy) is 1. The summed E-state index contributed by atoms with van der Waals surface area (Å²) in [7, 11) is 0. The summed E-state index contributed by atoms with van der Waals surface area (Å²) in [5, 5.41) is 0. The summed E-state index contributed by atoms with van der Waals surface area (Å²) in [4.78, 5) is 2.49. The van der Waals surface area contributed by atoms with E-state index >= 15 is 0 Å². The molecule has 17 heavy (non-hydrogen) atoms. The van der Waals surface area contributed by atoms with E-state index < -0.39 is 0 Å². The molecule has 4 heteroatoms. The standard InChI is InChI=1S/C13H20N2OS/c1-11-10-17-8-6-15(11)5-7-16-13-4-2-3-12(14)9-13/h2-4,9,11H,5-8,10,14H2,1H3. The molecule has 1 aliphatic heterocycles. The van der Waals surface area contributed by atoms with Gasteiger partial charge < -0.3 is 10.5 Å². The second-order valence-electron chi connectivity index (χ2n) is 4.38. The maximum absolute atomic E-state index is 5.71. The third-order valence-electron chi connectivity index (χ3n) is 3.01. The lowest BCUT2D eigenvalue weighted by Crippen LogP contribution is -2.42. The highest BCUT2D eigenvalue weighted by molar-refractivity contribution is 7.99. The van der Waals surface area contributed by atoms with Crippen LogP contribution in [0.5, 0.6) is 5.75 Å². The van der Waals surface area contributed by atoms with Crippen LogP contribution in [0.1, 0.15) is 6.92 Å². The summed E-state index contributed by atoms with van der Waals surface area (Å²) in [5.41, 5.74) is 6.46. The fourth-order valence-electron chi connectivity index (χ4n) is 1.98. The molecule has 1 unspecified atom stereocenters. The molecule has 1 saturated heterocycles. The molecule has 0 spiro atoms. The number of benzene rings is 1. The molecule has 0 amide bonds. The minimum atomic E-state index is 0.665. The van der Waals surface area contributed by atoms with Crippen molar-refractivity contribution in [1.82, 2.24) is 4.90 Å². The fourth-order valence-corrected chi connectivity index (χ4v) is 3.06. The summed E-state index contributed by atoms with van der Waals surface area (Å²) in [5.74, 6) is 3.34. The first-order valence-electron chi connectivity index (χ1n) is 6.06. The van der Waals surface area contributed by atoms with Gasteiger partial charge in [-0.15, -0.1) is 0 Å². The zero-order valence-electron chi connectivity index (χ0n) is 10.3. The van der Waals surface area contributed by atoms with Gasteiger partial charge in [0.1, 0.15) is 12.4 Å². The van der Waals surface area contributed by atoms with Crippen LogP contribution in [0.15, 0.2) is 24.3 Å². The van der Waals surface area contributed by atoms with Crippen LogP contribution in [0.3, 0.4) is 0 Å². The van der Waals surface area contributed by atoms with E-state index in [-0.39, 0.29) is 0 Å². The Morgan fingerprint density at radius 2 is 2.41 bits per heavy atom. The van der Waals surface area contributed by atoms with E-state index in [1.807, 2.05) is 36.0 Å². The summed E-state index contributed by atoms with van der Waals surface area (Å²) in [6, 6.07) is 8.28. The lowest BCUT2D eigenvalue weighted by atomic mass is 10.3. The third-order valence-corrected chi connectivity index (χ3v) is 4.20. The van der Waals surface area contributed by atoms with Crippen LogP contribution in [0.25, 0.3) is 0 Å². The molecule has 1 aliphatic rings. The molecule has 1 fully saturated rings. The first kappa shape index (κ1) is 12.6. The van der Waals surface area contributed by atoms with E-state index in [1.54, 1.807) is 0 Å². The molecule has 1 aromatic rings. The Bertz CT molecular complexity index is 359. The average molecular weight is 252 g/mol. The highest BCUT2D eigenvalue weighted by Gasteiger charge is 2.17. The van der Waals surface area contributed by atoms with Crippen molar-refractivity contribution in [3.63, 3.8) is 0 Å². The van der Waals surface area contributed by atoms with Gasteiger partial charge in [-0.05, 0) is 19.1 Å². The molecule has 2 N–H and O–H groups in total. The van der Waals surface area contributed by atoms with Crippen LogP contribution >= 0.6 is 11.8 Å². The largest absolute Gasteiger partial charge is 0.492 e. The van der Waals surface area contributed by atoms with Gasteiger partial charge in [-0.3, -0.25) is 4.90 Å². The van der Waals surface area contributed by atoms with Crippen LogP contribution in [-0.4, -0.2) is 42.1 Å². The van der Waals surface area contributed by atoms with Gasteiger partial charge in [-0.2, -0.15) is 11.8 Å². The van der Waals surface area contributed by atoms with Gasteiger partial charge >= 0.3 is 0 Å². The van der Waals surface area contributed by atoms with Crippen LogP contribution in [0.2, 0.25) is 0 Å². The lowest BCUT2D eigenvalue weighted by molar-refractivity contribution is 0.183. The van der Waals surface area contributed by atoms with Gasteiger partial charge in [0.25, 0.3) is 0 Å². The molecule has 0 aliphatic carbocycles. The van der Waals surface area contributed by atoms with Crippen molar-refractivity contribution in [2.45, 2.75) is 13.0 Å². The number of thioether (sulfide) groups is 1. The molecular formula is C13H20N2OS. The van der Waals surface area contributed by atoms with Crippen molar-refractivity contribution in [3.8, 4) is 5.75 Å². The number of nitrogens with zero attached hydrogens (tertiary/aromatic N) is 1. The highest BCUT2D eigenvalue weighted by atomic mass is 32.2. The number of hydrogen-bond donors (Lipinski definition) is 1. The molecule has 3 nitrogen and oxygen atoms in total. The normalized spacial score (nSPS) is 21.4. The maximum atomic E-state index is 5.71. The fraction of sp³-hybridized carbons (Fsp3) is 0.538. The Morgan fingerprint density at radius 3 is 3.18 bits per heavy atom. The molecule has 94 valence electrons. The number of hydrogen-bond acceptors (Lipinski definition) is 4. The van der Waals surface area contributed by atoms with Crippen LogP contribution in [0.4, 0.5) is 5.69 Å². The smallest absolute Gasteiger partial charge is 0.121 e. The maximum Gasteiger partial charge on any atom is 0.121 e. The monoisotopic (exact) mass is 252 g/mol. The van der Waals surface area contributed by atoms with Gasteiger partial charge in [0.15, 0.2) is 0 Å². The predicted octanol–water partition coefficient (Wildman–Crippen LogP) is 2.08. The van der Waals surface area contributed by atoms with E-state index in [0.29, 0.717) is 6.04 Å². The van der Waals surface area contributed by atoms with Gasteiger partial charge in [0, 0.05) is 42.4 Å². The topological polar surface area (TPSA) is 38.5 Å². The average Bonchev–Trinajstić information content (AvgIpc) is 2.32. The Hall–Kier alpha value is -0.870. The molecule has 1 aromatic carbocycles. The second-order valence-corrected chi connectivity index (χ2v) is 5.53. The Balaban J connectivity index is 1.75. The number of nitrogen functional groups attached to an aromatic ring is 1. The zero-order valence-corrected chi connectivity index (χ0v) is 11.1. The van der Waals surface area contributed by atoms with Crippen molar-refractivity contribution in [2.24, 2.45) is 0 Å². The van der Waals surface area contributed by atoms with Crippen molar-refractivity contribution in [1.29, 1.82) is 0 Å². The molecular weight excluding hydrogens is 232 g/mol. The van der Waals surface area contributed by atoms with E-state index in [0.717, 1.165) is 24.6 Å². The van der Waals surface area contributed by atoms with Crippen molar-refractivity contribution >= 4 is 17.4 Å². The van der Waals surface area contributed by atoms with Crippen molar-refractivity contribution in [3.05, 3.63) is 24.3 Å². The predicted molar refractivity (Wildman–Crippen MR) is 74.7 cm³/mol. The summed E-state index contributed by atoms with van der Waals surface area (Å²) >= 11 is 2.04. The van der Waals surface area contributed by atoms with Crippen LogP contribution in [-0.2, 0) is 0 Å². The zero-order chi connectivity index (χ0) is 12.1. The number of anilines is 1. The van der Waals surface area contributed by atoms with Gasteiger partial charge in [0.05, 0.1) is 0 Å². The minimum absolute atomic E-state index is 0.665. The lowest BCUT2D eigenvalue weighted by Gasteiger charge is -2.32. The number of rotatable bonds is 4. The summed E-state index contributed by atoms with van der Waals surface area (Å²) in [6.45, 7) is 5.19.